The van der Waals surface area contributed by atoms with Gasteiger partial charge < -0.3 is 13.7 Å². The molecular formula is C27H28F3N7O3. The highest BCUT2D eigenvalue weighted by atomic mass is 19.4. The van der Waals surface area contributed by atoms with Crippen molar-refractivity contribution in [3.8, 4) is 23.1 Å². The molecule has 0 N–H and O–H groups in total. The normalized spacial score (nSPS) is 15.8. The van der Waals surface area contributed by atoms with Crippen LogP contribution in [0.2, 0.25) is 0 Å². The summed E-state index contributed by atoms with van der Waals surface area (Å²) in [6.45, 7) is 5.08. The van der Waals surface area contributed by atoms with E-state index >= 15 is 0 Å². The molecule has 0 amide bonds. The second-order valence-corrected chi connectivity index (χ2v) is 9.82. The number of nitriles is 1. The summed E-state index contributed by atoms with van der Waals surface area (Å²) in [5, 5.41) is 19.1. The lowest BCUT2D eigenvalue weighted by Crippen LogP contribution is -2.35. The summed E-state index contributed by atoms with van der Waals surface area (Å²) in [4.78, 5) is 14.3. The van der Waals surface area contributed by atoms with Gasteiger partial charge in [-0.05, 0) is 56.4 Å². The topological polar surface area (TPSA) is 115 Å². The Morgan fingerprint density at radius 2 is 1.98 bits per heavy atom. The molecule has 4 aromatic rings. The highest BCUT2D eigenvalue weighted by Crippen LogP contribution is 2.39. The van der Waals surface area contributed by atoms with E-state index in [-0.39, 0.29) is 35.4 Å². The summed E-state index contributed by atoms with van der Waals surface area (Å²) in [7, 11) is 1.74. The molecule has 1 fully saturated rings. The first-order valence-corrected chi connectivity index (χ1v) is 12.9. The number of hydrogen-bond acceptors (Lipinski definition) is 9. The van der Waals surface area contributed by atoms with Gasteiger partial charge in [0.05, 0.1) is 29.7 Å². The summed E-state index contributed by atoms with van der Waals surface area (Å²) < 4.78 is 54.8. The van der Waals surface area contributed by atoms with Crippen LogP contribution >= 0.6 is 0 Å². The second-order valence-electron chi connectivity index (χ2n) is 9.82. The molecule has 1 aliphatic heterocycles. The van der Waals surface area contributed by atoms with Crippen LogP contribution in [0.5, 0.6) is 5.75 Å². The lowest BCUT2D eigenvalue weighted by Gasteiger charge is -2.32. The highest BCUT2D eigenvalue weighted by molar-refractivity contribution is 5.84. The molecule has 1 aliphatic rings. The van der Waals surface area contributed by atoms with E-state index in [2.05, 4.69) is 20.2 Å². The molecule has 5 rings (SSSR count). The predicted octanol–water partition coefficient (Wildman–Crippen LogP) is 5.39. The van der Waals surface area contributed by atoms with Gasteiger partial charge in [-0.15, -0.1) is 10.2 Å². The summed E-state index contributed by atoms with van der Waals surface area (Å²) in [5.41, 5.74) is 0.657. The van der Waals surface area contributed by atoms with E-state index < -0.39 is 11.7 Å². The number of rotatable bonds is 8. The van der Waals surface area contributed by atoms with Crippen molar-refractivity contribution in [2.75, 3.05) is 19.7 Å². The SMILES string of the molecule is Cc1nnc(C(C)ON2CCC(CCOc3ccc(-c4cc5c(ncn5C)c(C#N)n4)cc3C(F)(F)F)CC2)o1. The average molecular weight is 556 g/mol. The Labute approximate surface area is 228 Å². The minimum atomic E-state index is -4.63. The van der Waals surface area contributed by atoms with Crippen molar-refractivity contribution in [1.82, 2.24) is 29.8 Å². The molecule has 210 valence electrons. The lowest BCUT2D eigenvalue weighted by molar-refractivity contribution is -0.213. The zero-order valence-electron chi connectivity index (χ0n) is 22.3. The maximum absolute atomic E-state index is 14.0. The zero-order valence-corrected chi connectivity index (χ0v) is 22.3. The van der Waals surface area contributed by atoms with Crippen molar-refractivity contribution in [1.29, 1.82) is 5.26 Å². The van der Waals surface area contributed by atoms with Crippen LogP contribution in [-0.2, 0) is 18.1 Å². The first-order valence-electron chi connectivity index (χ1n) is 12.9. The Morgan fingerprint density at radius 3 is 2.65 bits per heavy atom. The Morgan fingerprint density at radius 1 is 1.20 bits per heavy atom. The second kappa shape index (κ2) is 11.2. The molecule has 0 spiro atoms. The molecule has 0 aliphatic carbocycles. The van der Waals surface area contributed by atoms with Crippen LogP contribution in [0.4, 0.5) is 13.2 Å². The van der Waals surface area contributed by atoms with Crippen molar-refractivity contribution in [3.63, 3.8) is 0 Å². The van der Waals surface area contributed by atoms with Gasteiger partial charge >= 0.3 is 6.18 Å². The van der Waals surface area contributed by atoms with E-state index in [0.29, 0.717) is 48.2 Å². The van der Waals surface area contributed by atoms with E-state index in [1.54, 1.807) is 24.6 Å². The number of aryl methyl sites for hydroxylation is 2. The summed E-state index contributed by atoms with van der Waals surface area (Å²) >= 11 is 0. The number of ether oxygens (including phenoxy) is 1. The molecule has 1 atom stereocenters. The van der Waals surface area contributed by atoms with Gasteiger partial charge in [0, 0.05) is 32.6 Å². The van der Waals surface area contributed by atoms with Crippen LogP contribution in [-0.4, -0.2) is 49.5 Å². The standard InChI is InChI=1S/C27H28F3N7O3/c1-16(26-35-34-17(2)39-26)40-37-9-6-18(7-10-37)8-11-38-24-5-4-19(12-20(24)27(28,29)30)21-13-23-25(22(14-31)33-21)32-15-36(23)3/h4-5,12-13,15-16,18H,6-11H2,1-3H3. The quantitative estimate of drug-likeness (QED) is 0.282. The van der Waals surface area contributed by atoms with E-state index in [0.717, 1.165) is 18.9 Å². The molecule has 10 nitrogen and oxygen atoms in total. The van der Waals surface area contributed by atoms with Crippen molar-refractivity contribution >= 4 is 11.0 Å². The van der Waals surface area contributed by atoms with Gasteiger partial charge in [0.15, 0.2) is 11.8 Å². The Balaban J connectivity index is 1.21. The van der Waals surface area contributed by atoms with Crippen molar-refractivity contribution in [2.24, 2.45) is 13.0 Å². The number of piperidine rings is 1. The van der Waals surface area contributed by atoms with Crippen LogP contribution in [0.1, 0.15) is 55.3 Å². The molecule has 13 heteroatoms. The molecule has 3 aromatic heterocycles. The first kappa shape index (κ1) is 27.5. The largest absolute Gasteiger partial charge is 0.493 e. The van der Waals surface area contributed by atoms with Crippen LogP contribution < -0.4 is 4.74 Å². The van der Waals surface area contributed by atoms with Crippen LogP contribution in [0, 0.1) is 24.2 Å². The third-order valence-corrected chi connectivity index (χ3v) is 6.95. The van der Waals surface area contributed by atoms with Gasteiger partial charge in [-0.3, -0.25) is 4.84 Å². The van der Waals surface area contributed by atoms with Crippen LogP contribution in [0.15, 0.2) is 35.0 Å². The Hall–Kier alpha value is -4.02. The minimum Gasteiger partial charge on any atom is -0.493 e. The molecule has 1 unspecified atom stereocenters. The molecule has 1 aromatic carbocycles. The molecule has 0 radical (unpaired) electrons. The van der Waals surface area contributed by atoms with Gasteiger partial charge in [0.1, 0.15) is 17.3 Å². The average Bonchev–Trinajstić information content (AvgIpc) is 3.54. The van der Waals surface area contributed by atoms with Crippen LogP contribution in [0.3, 0.4) is 0 Å². The number of alkyl halides is 3. The van der Waals surface area contributed by atoms with Gasteiger partial charge in [0.2, 0.25) is 11.8 Å². The maximum atomic E-state index is 14.0. The minimum absolute atomic E-state index is 0.0534. The third kappa shape index (κ3) is 5.93. The molecule has 0 saturated carbocycles. The number of nitrogens with zero attached hydrogens (tertiary/aromatic N) is 7. The van der Waals surface area contributed by atoms with E-state index in [4.69, 9.17) is 14.0 Å². The Bertz CT molecular complexity index is 1530. The van der Waals surface area contributed by atoms with Crippen LogP contribution in [0.25, 0.3) is 22.3 Å². The lowest BCUT2D eigenvalue weighted by atomic mass is 9.95. The Kier molecular flexibility index (Phi) is 7.73. The first-order chi connectivity index (χ1) is 19.1. The number of hydrogen-bond donors (Lipinski definition) is 0. The van der Waals surface area contributed by atoms with Crippen molar-refractivity contribution in [3.05, 3.63) is 53.6 Å². The van der Waals surface area contributed by atoms with Crippen molar-refractivity contribution < 1.29 is 27.2 Å². The number of aromatic nitrogens is 5. The van der Waals surface area contributed by atoms with Gasteiger partial charge in [-0.1, -0.05) is 0 Å². The summed E-state index contributed by atoms with van der Waals surface area (Å²) in [6, 6.07) is 7.46. The van der Waals surface area contributed by atoms with Gasteiger partial charge in [0.25, 0.3) is 0 Å². The molecule has 1 saturated heterocycles. The molecule has 40 heavy (non-hydrogen) atoms. The van der Waals surface area contributed by atoms with E-state index in [1.165, 1.54) is 18.5 Å². The summed E-state index contributed by atoms with van der Waals surface area (Å²) in [5.74, 6) is 0.957. The fraction of sp³-hybridized carbons (Fsp3) is 0.444. The number of halogens is 3. The highest BCUT2D eigenvalue weighted by Gasteiger charge is 2.35. The smallest absolute Gasteiger partial charge is 0.419 e. The summed E-state index contributed by atoms with van der Waals surface area (Å²) in [6.07, 6.45) is -1.19. The fourth-order valence-electron chi connectivity index (χ4n) is 4.77. The predicted molar refractivity (Wildman–Crippen MR) is 137 cm³/mol. The van der Waals surface area contributed by atoms with E-state index in [1.807, 2.05) is 18.1 Å². The van der Waals surface area contributed by atoms with Crippen molar-refractivity contribution in [2.45, 2.75) is 45.4 Å². The number of imidazole rings is 1. The van der Waals surface area contributed by atoms with Gasteiger partial charge in [-0.25, -0.2) is 9.97 Å². The number of fused-ring (bicyclic) bond motifs is 1. The third-order valence-electron chi connectivity index (χ3n) is 6.95. The molecular weight excluding hydrogens is 527 g/mol. The fourth-order valence-corrected chi connectivity index (χ4v) is 4.77. The van der Waals surface area contributed by atoms with Gasteiger partial charge in [-0.2, -0.15) is 23.5 Å². The maximum Gasteiger partial charge on any atom is 0.419 e. The number of benzene rings is 1. The zero-order chi connectivity index (χ0) is 28.4. The molecule has 4 heterocycles. The molecule has 0 bridgehead atoms. The van der Waals surface area contributed by atoms with E-state index in [9.17, 15) is 18.4 Å². The number of hydroxylamine groups is 2. The monoisotopic (exact) mass is 555 g/mol. The number of pyridine rings is 1.